The Bertz CT molecular complexity index is 874. The van der Waals surface area contributed by atoms with Crippen LogP contribution in [-0.4, -0.2) is 57.2 Å². The highest BCUT2D eigenvalue weighted by Gasteiger charge is 2.31. The number of nitrogens with one attached hydrogen (secondary N) is 2. The molecule has 0 spiro atoms. The van der Waals surface area contributed by atoms with Crippen LogP contribution >= 0.6 is 0 Å². The summed E-state index contributed by atoms with van der Waals surface area (Å²) in [6.07, 6.45) is 12.1. The van der Waals surface area contributed by atoms with Crippen molar-refractivity contribution in [2.24, 2.45) is 10.9 Å². The normalized spacial score (nSPS) is 20.1. The number of pyridine rings is 1. The molecule has 3 heterocycles. The maximum absolute atomic E-state index is 12.8. The molecule has 2 aliphatic rings. The van der Waals surface area contributed by atoms with Crippen LogP contribution in [0, 0.1) is 5.92 Å². The highest BCUT2D eigenvalue weighted by molar-refractivity contribution is 5.81. The molecule has 31 heavy (non-hydrogen) atoms. The van der Waals surface area contributed by atoms with E-state index >= 15 is 0 Å². The number of hydrogen-bond acceptors (Lipinski definition) is 4. The number of aromatic nitrogens is 3. The molecule has 2 aromatic rings. The lowest BCUT2D eigenvalue weighted by molar-refractivity contribution is -0.135. The van der Waals surface area contributed by atoms with E-state index in [2.05, 4.69) is 32.5 Å². The van der Waals surface area contributed by atoms with Crippen LogP contribution in [0.3, 0.4) is 0 Å². The Morgan fingerprint density at radius 3 is 2.87 bits per heavy atom. The van der Waals surface area contributed by atoms with Crippen molar-refractivity contribution in [3.63, 3.8) is 0 Å². The van der Waals surface area contributed by atoms with E-state index in [0.717, 1.165) is 56.2 Å². The second-order valence-electron chi connectivity index (χ2n) is 8.42. The molecular weight excluding hydrogens is 390 g/mol. The second-order valence-corrected chi connectivity index (χ2v) is 8.42. The molecule has 1 amide bonds. The lowest BCUT2D eigenvalue weighted by atomic mass is 9.88. The molecule has 1 saturated carbocycles. The van der Waals surface area contributed by atoms with Crippen LogP contribution < -0.4 is 10.6 Å². The Kier molecular flexibility index (Phi) is 7.17. The third-order valence-electron chi connectivity index (χ3n) is 6.11. The zero-order valence-corrected chi connectivity index (χ0v) is 18.3. The fraction of sp³-hybridized carbons (Fsp3) is 0.565. The van der Waals surface area contributed by atoms with Crippen molar-refractivity contribution in [3.05, 3.63) is 42.4 Å². The summed E-state index contributed by atoms with van der Waals surface area (Å²) in [5.41, 5.74) is 1.07. The third-order valence-corrected chi connectivity index (χ3v) is 6.11. The summed E-state index contributed by atoms with van der Waals surface area (Å²) in [6.45, 7) is 5.00. The largest absolute Gasteiger partial charge is 0.357 e. The summed E-state index contributed by atoms with van der Waals surface area (Å²) in [5.74, 6) is 2.17. The van der Waals surface area contributed by atoms with Crippen LogP contribution in [0.5, 0.6) is 0 Å². The quantitative estimate of drug-likeness (QED) is 0.551. The number of guanidine groups is 1. The van der Waals surface area contributed by atoms with Gasteiger partial charge in [-0.25, -0.2) is 14.7 Å². The average Bonchev–Trinajstić information content (AvgIpc) is 3.51. The van der Waals surface area contributed by atoms with Gasteiger partial charge in [-0.05, 0) is 49.9 Å². The van der Waals surface area contributed by atoms with E-state index in [1.807, 2.05) is 24.4 Å². The van der Waals surface area contributed by atoms with Gasteiger partial charge in [0.1, 0.15) is 0 Å². The van der Waals surface area contributed by atoms with Gasteiger partial charge < -0.3 is 15.5 Å². The summed E-state index contributed by atoms with van der Waals surface area (Å²) in [4.78, 5) is 24.0. The molecule has 2 aromatic heterocycles. The van der Waals surface area contributed by atoms with Crippen LogP contribution in [0.4, 0.5) is 0 Å². The minimum absolute atomic E-state index is 0.238. The lowest BCUT2D eigenvalue weighted by Crippen LogP contribution is -2.45. The Hall–Kier alpha value is -2.90. The van der Waals surface area contributed by atoms with Gasteiger partial charge in [0.05, 0.1) is 6.54 Å². The summed E-state index contributed by atoms with van der Waals surface area (Å²) < 4.78 is 1.74. The maximum atomic E-state index is 12.8. The molecule has 166 valence electrons. The molecule has 0 bridgehead atoms. The Morgan fingerprint density at radius 2 is 2.10 bits per heavy atom. The van der Waals surface area contributed by atoms with E-state index in [4.69, 9.17) is 4.99 Å². The number of amides is 1. The minimum Gasteiger partial charge on any atom is -0.357 e. The zero-order valence-electron chi connectivity index (χ0n) is 18.3. The topological polar surface area (TPSA) is 87.4 Å². The Morgan fingerprint density at radius 1 is 1.23 bits per heavy atom. The van der Waals surface area contributed by atoms with E-state index in [1.165, 1.54) is 19.3 Å². The Labute approximate surface area is 184 Å². The van der Waals surface area contributed by atoms with E-state index in [9.17, 15) is 4.79 Å². The summed E-state index contributed by atoms with van der Waals surface area (Å²) in [7, 11) is 0. The molecule has 2 fully saturated rings. The van der Waals surface area contributed by atoms with Crippen LogP contribution in [0.2, 0.25) is 0 Å². The van der Waals surface area contributed by atoms with Gasteiger partial charge in [-0.1, -0.05) is 19.3 Å². The van der Waals surface area contributed by atoms with Crippen LogP contribution in [0.15, 0.2) is 41.8 Å². The van der Waals surface area contributed by atoms with E-state index < -0.39 is 0 Å². The lowest BCUT2D eigenvalue weighted by Gasteiger charge is -2.26. The van der Waals surface area contributed by atoms with Gasteiger partial charge in [-0.3, -0.25) is 4.79 Å². The summed E-state index contributed by atoms with van der Waals surface area (Å²) in [5, 5.41) is 11.1. The van der Waals surface area contributed by atoms with Crippen molar-refractivity contribution in [2.45, 2.75) is 58.0 Å². The summed E-state index contributed by atoms with van der Waals surface area (Å²) in [6, 6.07) is 6.09. The number of aliphatic imine (C=N–C) groups is 1. The van der Waals surface area contributed by atoms with Crippen molar-refractivity contribution < 1.29 is 4.79 Å². The fourth-order valence-corrected chi connectivity index (χ4v) is 4.46. The fourth-order valence-electron chi connectivity index (χ4n) is 4.46. The number of carbonyl (C=O) groups excluding carboxylic acids is 1. The first-order valence-electron chi connectivity index (χ1n) is 11.5. The number of rotatable bonds is 6. The van der Waals surface area contributed by atoms with Crippen molar-refractivity contribution in [1.29, 1.82) is 0 Å². The molecule has 1 aliphatic carbocycles. The number of nitrogens with zero attached hydrogens (tertiary/aromatic N) is 5. The summed E-state index contributed by atoms with van der Waals surface area (Å²) >= 11 is 0. The first-order chi connectivity index (χ1) is 15.2. The molecule has 4 rings (SSSR count). The third kappa shape index (κ3) is 5.62. The van der Waals surface area contributed by atoms with Gasteiger partial charge in [-0.2, -0.15) is 5.10 Å². The van der Waals surface area contributed by atoms with E-state index in [1.54, 1.807) is 17.1 Å². The highest BCUT2D eigenvalue weighted by atomic mass is 16.2. The SMILES string of the molecule is CCNC(=NCc1ccnc(-n2cccn2)c1)NC1CCN(C(=O)C2CCCCC2)C1. The maximum Gasteiger partial charge on any atom is 0.225 e. The van der Waals surface area contributed by atoms with Crippen LogP contribution in [0.25, 0.3) is 5.82 Å². The molecule has 1 aliphatic heterocycles. The molecule has 8 heteroatoms. The van der Waals surface area contributed by atoms with Crippen molar-refractivity contribution in [3.8, 4) is 5.82 Å². The molecule has 2 N–H and O–H groups in total. The van der Waals surface area contributed by atoms with E-state index in [0.29, 0.717) is 12.5 Å². The predicted octanol–water partition coefficient (Wildman–Crippen LogP) is 2.50. The molecule has 1 atom stereocenters. The number of hydrogen-bond donors (Lipinski definition) is 2. The minimum atomic E-state index is 0.238. The highest BCUT2D eigenvalue weighted by Crippen LogP contribution is 2.26. The monoisotopic (exact) mass is 423 g/mol. The first kappa shape index (κ1) is 21.3. The van der Waals surface area contributed by atoms with Gasteiger partial charge in [-0.15, -0.1) is 0 Å². The number of carbonyl (C=O) groups is 1. The van der Waals surface area contributed by atoms with E-state index in [-0.39, 0.29) is 12.0 Å². The van der Waals surface area contributed by atoms with Gasteiger partial charge in [0, 0.05) is 50.2 Å². The van der Waals surface area contributed by atoms with Crippen molar-refractivity contribution in [1.82, 2.24) is 30.3 Å². The molecule has 1 saturated heterocycles. The number of likely N-dealkylation sites (tertiary alicyclic amines) is 1. The first-order valence-corrected chi connectivity index (χ1v) is 11.5. The van der Waals surface area contributed by atoms with Gasteiger partial charge in [0.2, 0.25) is 5.91 Å². The Balaban J connectivity index is 1.34. The van der Waals surface area contributed by atoms with Gasteiger partial charge in [0.25, 0.3) is 0 Å². The average molecular weight is 424 g/mol. The molecule has 0 radical (unpaired) electrons. The predicted molar refractivity (Wildman–Crippen MR) is 121 cm³/mol. The molecule has 8 nitrogen and oxygen atoms in total. The van der Waals surface area contributed by atoms with Crippen molar-refractivity contribution >= 4 is 11.9 Å². The van der Waals surface area contributed by atoms with Crippen LogP contribution in [0.1, 0.15) is 51.0 Å². The standard InChI is InChI=1S/C23H33N7O/c1-2-24-23(26-16-18-9-12-25-21(15-18)30-13-6-11-27-30)28-20-10-14-29(17-20)22(31)19-7-4-3-5-8-19/h6,9,11-13,15,19-20H,2-5,7-8,10,14,16-17H2,1H3,(H2,24,26,28). The molecular formula is C23H33N7O. The molecule has 0 aromatic carbocycles. The van der Waals surface area contributed by atoms with Gasteiger partial charge in [0.15, 0.2) is 11.8 Å². The molecule has 1 unspecified atom stereocenters. The van der Waals surface area contributed by atoms with Crippen molar-refractivity contribution in [2.75, 3.05) is 19.6 Å². The second kappa shape index (κ2) is 10.4. The van der Waals surface area contributed by atoms with Gasteiger partial charge >= 0.3 is 0 Å². The smallest absolute Gasteiger partial charge is 0.225 e. The zero-order chi connectivity index (χ0) is 21.5. The van der Waals surface area contributed by atoms with Crippen LogP contribution in [-0.2, 0) is 11.3 Å².